The summed E-state index contributed by atoms with van der Waals surface area (Å²) in [4.78, 5) is 28.7. The first-order valence-corrected chi connectivity index (χ1v) is 17.7. The van der Waals surface area contributed by atoms with Gasteiger partial charge < -0.3 is 9.84 Å². The fourth-order valence-electron chi connectivity index (χ4n) is 5.70. The van der Waals surface area contributed by atoms with E-state index in [-0.39, 0.29) is 16.5 Å². The van der Waals surface area contributed by atoms with Gasteiger partial charge >= 0.3 is 5.91 Å². The van der Waals surface area contributed by atoms with Crippen molar-refractivity contribution in [3.8, 4) is 5.75 Å². The van der Waals surface area contributed by atoms with E-state index >= 15 is 0 Å². The maximum Gasteiger partial charge on any atom is 0.301 e. The van der Waals surface area contributed by atoms with Gasteiger partial charge in [-0.25, -0.2) is 0 Å². The molecule has 1 aliphatic heterocycles. The lowest BCUT2D eigenvalue weighted by atomic mass is 9.95. The molecule has 7 rings (SSSR count). The van der Waals surface area contributed by atoms with Crippen LogP contribution in [-0.4, -0.2) is 27.0 Å². The number of nitrogens with zero attached hydrogens (tertiary/aromatic N) is 3. The lowest BCUT2D eigenvalue weighted by molar-refractivity contribution is -0.132. The van der Waals surface area contributed by atoms with Crippen molar-refractivity contribution < 1.29 is 19.4 Å². The highest BCUT2D eigenvalue weighted by Crippen LogP contribution is 2.44. The molecule has 1 aliphatic rings. The molecule has 10 heteroatoms. The fourth-order valence-corrected chi connectivity index (χ4v) is 7.84. The van der Waals surface area contributed by atoms with Gasteiger partial charge in [0, 0.05) is 15.8 Å². The molecule has 6 aromatic rings. The van der Waals surface area contributed by atoms with Crippen LogP contribution in [0.2, 0.25) is 0 Å². The lowest BCUT2D eigenvalue weighted by Crippen LogP contribution is -2.29. The number of hydrogen-bond acceptors (Lipinski definition) is 8. The highest BCUT2D eigenvalue weighted by molar-refractivity contribution is 9.10. The van der Waals surface area contributed by atoms with E-state index in [0.29, 0.717) is 33.6 Å². The number of aromatic nitrogens is 2. The van der Waals surface area contributed by atoms with Crippen molar-refractivity contribution in [1.82, 2.24) is 10.2 Å². The number of carbonyl (C=O) groups is 2. The number of carbonyl (C=O) groups excluding carboxylic acids is 2. The molecule has 1 atom stereocenters. The van der Waals surface area contributed by atoms with Crippen molar-refractivity contribution in [3.63, 3.8) is 0 Å². The highest BCUT2D eigenvalue weighted by atomic mass is 79.9. The normalized spacial score (nSPS) is 15.7. The zero-order chi connectivity index (χ0) is 33.2. The zero-order valence-corrected chi connectivity index (χ0v) is 28.9. The van der Waals surface area contributed by atoms with Gasteiger partial charge in [-0.1, -0.05) is 118 Å². The summed E-state index contributed by atoms with van der Waals surface area (Å²) in [5.74, 6) is -0.563. The number of hydrogen-bond donors (Lipinski definition) is 1. The van der Waals surface area contributed by atoms with Gasteiger partial charge in [0.2, 0.25) is 5.13 Å². The van der Waals surface area contributed by atoms with Crippen LogP contribution in [0.15, 0.2) is 130 Å². The van der Waals surface area contributed by atoms with Gasteiger partial charge in [0.25, 0.3) is 5.78 Å². The molecule has 1 unspecified atom stereocenters. The zero-order valence-electron chi connectivity index (χ0n) is 25.7. The SMILES string of the molecule is Cc1ccccc1COc1ccc(/C(O)=C2\C(=O)C(=O)N(c3nnc(SCc4cccc5ccccc45)s3)C2c2ccc(Br)cc2)cc1. The molecular weight excluding hydrogens is 706 g/mol. The molecule has 0 spiro atoms. The number of fused-ring (bicyclic) bond motifs is 1. The van der Waals surface area contributed by atoms with Crippen LogP contribution in [0.4, 0.5) is 5.13 Å². The number of benzene rings is 5. The monoisotopic (exact) mass is 733 g/mol. The second kappa shape index (κ2) is 13.8. The first kappa shape index (κ1) is 31.8. The van der Waals surface area contributed by atoms with E-state index < -0.39 is 17.7 Å². The number of amides is 1. The maximum atomic E-state index is 13.7. The second-order valence-corrected chi connectivity index (χ2v) is 14.3. The minimum absolute atomic E-state index is 0.0175. The third kappa shape index (κ3) is 6.38. The van der Waals surface area contributed by atoms with Crippen molar-refractivity contribution in [1.29, 1.82) is 0 Å². The minimum Gasteiger partial charge on any atom is -0.507 e. The number of ether oxygens (including phenoxy) is 1. The molecule has 238 valence electrons. The number of ketones is 1. The Morgan fingerprint density at radius 2 is 1.58 bits per heavy atom. The summed E-state index contributed by atoms with van der Waals surface area (Å²) in [7, 11) is 0. The van der Waals surface area contributed by atoms with Crippen molar-refractivity contribution >= 4 is 72.4 Å². The number of aliphatic hydroxyl groups is 1. The summed E-state index contributed by atoms with van der Waals surface area (Å²) in [6, 6.07) is 35.7. The Labute approximate surface area is 294 Å². The molecule has 48 heavy (non-hydrogen) atoms. The van der Waals surface area contributed by atoms with E-state index in [2.05, 4.69) is 50.4 Å². The Bertz CT molecular complexity index is 2180. The molecule has 7 nitrogen and oxygen atoms in total. The number of Topliss-reactive ketones (excluding diaryl/α,β-unsaturated/α-hetero) is 1. The third-order valence-corrected chi connectivity index (χ3v) is 10.9. The van der Waals surface area contributed by atoms with Crippen LogP contribution >= 0.6 is 39.0 Å². The lowest BCUT2D eigenvalue weighted by Gasteiger charge is -2.22. The van der Waals surface area contributed by atoms with Gasteiger partial charge in [0.15, 0.2) is 4.34 Å². The van der Waals surface area contributed by atoms with Gasteiger partial charge in [-0.15, -0.1) is 10.2 Å². The summed E-state index contributed by atoms with van der Waals surface area (Å²) in [6.07, 6.45) is 0. The van der Waals surface area contributed by atoms with Crippen molar-refractivity contribution in [2.24, 2.45) is 0 Å². The van der Waals surface area contributed by atoms with Crippen LogP contribution in [0.25, 0.3) is 16.5 Å². The van der Waals surface area contributed by atoms with E-state index in [0.717, 1.165) is 26.5 Å². The fraction of sp³-hybridized carbons (Fsp3) is 0.105. The molecule has 5 aromatic carbocycles. The summed E-state index contributed by atoms with van der Waals surface area (Å²) >= 11 is 6.23. The Hall–Kier alpha value is -4.77. The van der Waals surface area contributed by atoms with Gasteiger partial charge in [-0.3, -0.25) is 14.5 Å². The molecule has 1 aromatic heterocycles. The molecule has 0 saturated carbocycles. The number of aliphatic hydroxyl groups excluding tert-OH is 1. The van der Waals surface area contributed by atoms with E-state index in [1.54, 1.807) is 24.3 Å². The summed E-state index contributed by atoms with van der Waals surface area (Å²) < 4.78 is 7.47. The Morgan fingerprint density at radius 1 is 0.875 bits per heavy atom. The molecule has 1 fully saturated rings. The number of rotatable bonds is 9. The maximum absolute atomic E-state index is 13.7. The van der Waals surface area contributed by atoms with E-state index in [1.165, 1.54) is 33.4 Å². The Kier molecular flexibility index (Phi) is 9.12. The third-order valence-electron chi connectivity index (χ3n) is 8.25. The quantitative estimate of drug-likeness (QED) is 0.0521. The van der Waals surface area contributed by atoms with Crippen LogP contribution < -0.4 is 9.64 Å². The number of aryl methyl sites for hydroxylation is 1. The first-order chi connectivity index (χ1) is 23.4. The molecule has 1 saturated heterocycles. The Morgan fingerprint density at radius 3 is 2.38 bits per heavy atom. The van der Waals surface area contributed by atoms with Crippen LogP contribution in [-0.2, 0) is 21.9 Å². The molecule has 1 N–H and O–H groups in total. The summed E-state index contributed by atoms with van der Waals surface area (Å²) in [5, 5.41) is 22.9. The largest absolute Gasteiger partial charge is 0.507 e. The van der Waals surface area contributed by atoms with E-state index in [4.69, 9.17) is 4.74 Å². The molecule has 0 radical (unpaired) electrons. The highest BCUT2D eigenvalue weighted by Gasteiger charge is 2.48. The van der Waals surface area contributed by atoms with Crippen LogP contribution in [0.1, 0.15) is 33.9 Å². The van der Waals surface area contributed by atoms with Crippen LogP contribution in [0.5, 0.6) is 5.75 Å². The first-order valence-electron chi connectivity index (χ1n) is 15.1. The number of halogens is 1. The average molecular weight is 735 g/mol. The van der Waals surface area contributed by atoms with Crippen LogP contribution in [0, 0.1) is 6.92 Å². The Balaban J connectivity index is 1.18. The van der Waals surface area contributed by atoms with Gasteiger partial charge in [0.1, 0.15) is 18.1 Å². The summed E-state index contributed by atoms with van der Waals surface area (Å²) in [5.41, 5.74) is 4.40. The minimum atomic E-state index is -0.904. The van der Waals surface area contributed by atoms with Gasteiger partial charge in [-0.05, 0) is 76.3 Å². The smallest absolute Gasteiger partial charge is 0.301 e. The van der Waals surface area contributed by atoms with Gasteiger partial charge in [0.05, 0.1) is 11.6 Å². The number of thioether (sulfide) groups is 1. The molecular formula is C38H28BrN3O4S2. The van der Waals surface area contributed by atoms with Gasteiger partial charge in [-0.2, -0.15) is 0 Å². The molecule has 2 heterocycles. The molecule has 1 amide bonds. The van der Waals surface area contributed by atoms with Crippen LogP contribution in [0.3, 0.4) is 0 Å². The summed E-state index contributed by atoms with van der Waals surface area (Å²) in [6.45, 7) is 2.43. The van der Waals surface area contributed by atoms with Crippen molar-refractivity contribution in [2.45, 2.75) is 29.7 Å². The predicted molar refractivity (Wildman–Crippen MR) is 194 cm³/mol. The molecule has 0 aliphatic carbocycles. The van der Waals surface area contributed by atoms with E-state index in [1.807, 2.05) is 73.7 Å². The second-order valence-electron chi connectivity index (χ2n) is 11.2. The standard InChI is InChI=1S/C38H28BrN3O4S2/c1-23-7-2-3-9-27(23)21-46-30-19-15-26(16-20-30)34(43)32-33(25-13-17-29(39)18-14-25)42(36(45)35(32)44)37-40-41-38(48-37)47-22-28-11-6-10-24-8-4-5-12-31(24)28/h2-20,33,43H,21-22H2,1H3/b34-32+. The average Bonchev–Trinajstić information content (AvgIpc) is 3.68. The molecule has 0 bridgehead atoms. The topological polar surface area (TPSA) is 92.6 Å². The van der Waals surface area contributed by atoms with E-state index in [9.17, 15) is 14.7 Å². The van der Waals surface area contributed by atoms with Crippen molar-refractivity contribution in [3.05, 3.63) is 153 Å². The predicted octanol–water partition coefficient (Wildman–Crippen LogP) is 9.26. The number of anilines is 1. The van der Waals surface area contributed by atoms with Crippen molar-refractivity contribution in [2.75, 3.05) is 4.90 Å².